The van der Waals surface area contributed by atoms with Crippen LogP contribution in [0.4, 0.5) is 14.6 Å². The van der Waals surface area contributed by atoms with Gasteiger partial charge >= 0.3 is 0 Å². The van der Waals surface area contributed by atoms with Crippen molar-refractivity contribution in [1.29, 1.82) is 0 Å². The van der Waals surface area contributed by atoms with Crippen LogP contribution in [0.3, 0.4) is 0 Å². The molecule has 1 aliphatic carbocycles. The second-order valence-corrected chi connectivity index (χ2v) is 8.59. The van der Waals surface area contributed by atoms with Crippen molar-refractivity contribution in [3.63, 3.8) is 0 Å². The number of carbonyl (C=O) groups is 1. The van der Waals surface area contributed by atoms with E-state index in [0.29, 0.717) is 33.8 Å². The molecule has 5 rings (SSSR count). The lowest BCUT2D eigenvalue weighted by Gasteiger charge is -2.20. The van der Waals surface area contributed by atoms with E-state index in [-0.39, 0.29) is 11.8 Å². The van der Waals surface area contributed by atoms with Gasteiger partial charge in [-0.25, -0.2) is 14.4 Å². The van der Waals surface area contributed by atoms with E-state index in [4.69, 9.17) is 0 Å². The highest BCUT2D eigenvalue weighted by atomic mass is 19.1. The van der Waals surface area contributed by atoms with Gasteiger partial charge in [-0.1, -0.05) is 25.1 Å². The van der Waals surface area contributed by atoms with Crippen LogP contribution in [-0.4, -0.2) is 32.0 Å². The van der Waals surface area contributed by atoms with E-state index in [1.54, 1.807) is 62.7 Å². The fraction of sp³-hybridized carbons (Fsp3) is 0.185. The fourth-order valence-electron chi connectivity index (χ4n) is 4.18. The number of rotatable bonds is 5. The maximum atomic E-state index is 14.0. The van der Waals surface area contributed by atoms with Crippen molar-refractivity contribution in [3.05, 3.63) is 84.6 Å². The SMILES string of the molecule is CC(C(=O)Nc1cc(-c2[nH]c3ccc(F)nc3c2-c2ccccn2)ccn1)C1=CC(C)C(F)C=C1. The molecule has 0 radical (unpaired) electrons. The van der Waals surface area contributed by atoms with E-state index < -0.39 is 18.0 Å². The summed E-state index contributed by atoms with van der Waals surface area (Å²) in [6.45, 7) is 3.56. The lowest BCUT2D eigenvalue weighted by molar-refractivity contribution is -0.118. The Morgan fingerprint density at radius 3 is 2.77 bits per heavy atom. The summed E-state index contributed by atoms with van der Waals surface area (Å²) in [5, 5.41) is 2.85. The van der Waals surface area contributed by atoms with Crippen LogP contribution in [0.2, 0.25) is 0 Å². The highest BCUT2D eigenvalue weighted by molar-refractivity contribution is 6.01. The summed E-state index contributed by atoms with van der Waals surface area (Å²) in [5.74, 6) is -1.23. The van der Waals surface area contributed by atoms with Gasteiger partial charge in [0.05, 0.1) is 28.4 Å². The predicted molar refractivity (Wildman–Crippen MR) is 132 cm³/mol. The zero-order valence-corrected chi connectivity index (χ0v) is 19.2. The van der Waals surface area contributed by atoms with Crippen LogP contribution in [0.1, 0.15) is 13.8 Å². The summed E-state index contributed by atoms with van der Waals surface area (Å²) in [5.41, 5.74) is 4.60. The van der Waals surface area contributed by atoms with Gasteiger partial charge in [-0.15, -0.1) is 0 Å². The third kappa shape index (κ3) is 4.47. The Kier molecular flexibility index (Phi) is 5.94. The molecule has 0 saturated carbocycles. The number of hydrogen-bond acceptors (Lipinski definition) is 4. The van der Waals surface area contributed by atoms with Gasteiger partial charge < -0.3 is 10.3 Å². The van der Waals surface area contributed by atoms with Crippen LogP contribution in [-0.2, 0) is 4.79 Å². The number of pyridine rings is 3. The molecule has 1 aliphatic rings. The normalized spacial score (nSPS) is 18.3. The molecule has 1 amide bonds. The number of alkyl halides is 1. The first-order valence-corrected chi connectivity index (χ1v) is 11.3. The standard InChI is InChI=1S/C27H23F2N5O/c1-15-13-17(6-7-19(15)28)16(2)27(35)34-23-14-18(10-12-31-23)25-24(20-5-3-4-11-30-20)26-21(32-25)8-9-22(29)33-26/h3-16,19,32H,1-2H3,(H,31,34,35). The maximum Gasteiger partial charge on any atom is 0.232 e. The van der Waals surface area contributed by atoms with Crippen molar-refractivity contribution in [1.82, 2.24) is 19.9 Å². The number of carbonyl (C=O) groups excluding carboxylic acids is 1. The molecule has 4 heterocycles. The van der Waals surface area contributed by atoms with E-state index in [2.05, 4.69) is 25.3 Å². The average Bonchev–Trinajstić information content (AvgIpc) is 3.24. The molecule has 0 aliphatic heterocycles. The minimum atomic E-state index is -1.04. The molecule has 0 saturated heterocycles. The third-order valence-corrected chi connectivity index (χ3v) is 6.15. The Balaban J connectivity index is 1.49. The van der Waals surface area contributed by atoms with Crippen LogP contribution in [0.25, 0.3) is 33.5 Å². The molecule has 35 heavy (non-hydrogen) atoms. The van der Waals surface area contributed by atoms with Crippen molar-refractivity contribution in [2.45, 2.75) is 20.0 Å². The lowest BCUT2D eigenvalue weighted by Crippen LogP contribution is -2.24. The molecule has 0 bridgehead atoms. The molecule has 6 nitrogen and oxygen atoms in total. The van der Waals surface area contributed by atoms with Gasteiger partial charge in [-0.2, -0.15) is 4.39 Å². The summed E-state index contributed by atoms with van der Waals surface area (Å²) in [6, 6.07) is 11.9. The third-order valence-electron chi connectivity index (χ3n) is 6.15. The van der Waals surface area contributed by atoms with E-state index in [9.17, 15) is 13.6 Å². The number of amides is 1. The monoisotopic (exact) mass is 471 g/mol. The topological polar surface area (TPSA) is 83.6 Å². The van der Waals surface area contributed by atoms with Crippen LogP contribution < -0.4 is 5.32 Å². The van der Waals surface area contributed by atoms with Crippen LogP contribution in [0, 0.1) is 17.8 Å². The van der Waals surface area contributed by atoms with Gasteiger partial charge in [-0.3, -0.25) is 9.78 Å². The molecule has 3 atom stereocenters. The number of fused-ring (bicyclic) bond motifs is 1. The number of nitrogens with zero attached hydrogens (tertiary/aromatic N) is 3. The Bertz CT molecular complexity index is 1460. The molecule has 8 heteroatoms. The van der Waals surface area contributed by atoms with Crippen LogP contribution >= 0.6 is 0 Å². The largest absolute Gasteiger partial charge is 0.353 e. The minimum Gasteiger partial charge on any atom is -0.353 e. The Morgan fingerprint density at radius 2 is 2.00 bits per heavy atom. The second-order valence-electron chi connectivity index (χ2n) is 8.59. The van der Waals surface area contributed by atoms with Crippen molar-refractivity contribution in [2.24, 2.45) is 11.8 Å². The molecule has 0 spiro atoms. The van der Waals surface area contributed by atoms with Gasteiger partial charge in [-0.05, 0) is 55.0 Å². The number of H-pyrrole nitrogens is 1. The number of nitrogens with one attached hydrogen (secondary N) is 2. The quantitative estimate of drug-likeness (QED) is 0.357. The first-order chi connectivity index (χ1) is 16.9. The summed E-state index contributed by atoms with van der Waals surface area (Å²) in [4.78, 5) is 29.1. The first-order valence-electron chi connectivity index (χ1n) is 11.3. The highest BCUT2D eigenvalue weighted by Gasteiger charge is 2.23. The Hall–Kier alpha value is -4.20. The van der Waals surface area contributed by atoms with Gasteiger partial charge in [0.15, 0.2) is 0 Å². The summed E-state index contributed by atoms with van der Waals surface area (Å²) < 4.78 is 27.7. The average molecular weight is 472 g/mol. The van der Waals surface area contributed by atoms with E-state index in [1.165, 1.54) is 12.1 Å². The maximum absolute atomic E-state index is 14.0. The number of hydrogen-bond donors (Lipinski definition) is 2. The molecule has 4 aromatic rings. The second kappa shape index (κ2) is 9.21. The fourth-order valence-corrected chi connectivity index (χ4v) is 4.18. The molecule has 0 fully saturated rings. The summed E-state index contributed by atoms with van der Waals surface area (Å²) in [7, 11) is 0. The van der Waals surface area contributed by atoms with Gasteiger partial charge in [0.1, 0.15) is 17.5 Å². The summed E-state index contributed by atoms with van der Waals surface area (Å²) in [6.07, 6.45) is 7.14. The first kappa shape index (κ1) is 22.6. The predicted octanol–water partition coefficient (Wildman–Crippen LogP) is 5.87. The highest BCUT2D eigenvalue weighted by Crippen LogP contribution is 2.37. The number of allylic oxidation sites excluding steroid dienone is 3. The number of anilines is 1. The number of aromatic amines is 1. The lowest BCUT2D eigenvalue weighted by atomic mass is 9.89. The summed E-state index contributed by atoms with van der Waals surface area (Å²) >= 11 is 0. The van der Waals surface area contributed by atoms with Gasteiger partial charge in [0.2, 0.25) is 11.9 Å². The Labute approximate surface area is 200 Å². The zero-order valence-electron chi connectivity index (χ0n) is 19.2. The van der Waals surface area contributed by atoms with Gasteiger partial charge in [0.25, 0.3) is 0 Å². The van der Waals surface area contributed by atoms with Gasteiger partial charge in [0, 0.05) is 23.9 Å². The number of halogens is 2. The van der Waals surface area contributed by atoms with E-state index in [1.807, 2.05) is 12.1 Å². The zero-order chi connectivity index (χ0) is 24.5. The van der Waals surface area contributed by atoms with Crippen LogP contribution in [0.5, 0.6) is 0 Å². The van der Waals surface area contributed by atoms with Crippen molar-refractivity contribution in [3.8, 4) is 22.5 Å². The van der Waals surface area contributed by atoms with E-state index >= 15 is 0 Å². The molecule has 2 N–H and O–H groups in total. The van der Waals surface area contributed by atoms with Crippen molar-refractivity contribution in [2.75, 3.05) is 5.32 Å². The van der Waals surface area contributed by atoms with Crippen LogP contribution in [0.15, 0.2) is 78.7 Å². The molecule has 4 aromatic heterocycles. The minimum absolute atomic E-state index is 0.250. The molecule has 0 aromatic carbocycles. The van der Waals surface area contributed by atoms with E-state index in [0.717, 1.165) is 11.1 Å². The molecule has 176 valence electrons. The van der Waals surface area contributed by atoms with Crippen molar-refractivity contribution < 1.29 is 13.6 Å². The molecular weight excluding hydrogens is 448 g/mol. The van der Waals surface area contributed by atoms with Crippen molar-refractivity contribution >= 4 is 22.8 Å². The molecular formula is C27H23F2N5O. The Morgan fingerprint density at radius 1 is 1.14 bits per heavy atom. The molecule has 3 unspecified atom stereocenters. The smallest absolute Gasteiger partial charge is 0.232 e. The number of aromatic nitrogens is 4.